The van der Waals surface area contributed by atoms with E-state index in [0.29, 0.717) is 17.1 Å². The number of aryl methyl sites for hydroxylation is 3. The van der Waals surface area contributed by atoms with Crippen molar-refractivity contribution in [3.63, 3.8) is 0 Å². The fraction of sp³-hybridized carbons (Fsp3) is 0.280. The van der Waals surface area contributed by atoms with Crippen molar-refractivity contribution in [1.29, 1.82) is 0 Å². The van der Waals surface area contributed by atoms with E-state index in [1.807, 2.05) is 36.6 Å². The van der Waals surface area contributed by atoms with Crippen molar-refractivity contribution in [2.24, 2.45) is 0 Å². The summed E-state index contributed by atoms with van der Waals surface area (Å²) >= 11 is 0. The molecule has 0 radical (unpaired) electrons. The van der Waals surface area contributed by atoms with Crippen molar-refractivity contribution < 1.29 is 23.8 Å². The summed E-state index contributed by atoms with van der Waals surface area (Å²) in [6, 6.07) is 15.1. The lowest BCUT2D eigenvalue weighted by molar-refractivity contribution is -0.153. The number of fused-ring (bicyclic) bond motifs is 1. The van der Waals surface area contributed by atoms with Gasteiger partial charge in [0.2, 0.25) is 11.9 Å². The van der Waals surface area contributed by atoms with Gasteiger partial charge in [-0.2, -0.15) is 0 Å². The molecule has 0 saturated carbocycles. The summed E-state index contributed by atoms with van der Waals surface area (Å²) in [5.74, 6) is 0.194. The molecule has 0 amide bonds. The van der Waals surface area contributed by atoms with Crippen LogP contribution in [0.4, 0.5) is 0 Å². The molecule has 1 aromatic heterocycles. The largest absolute Gasteiger partial charge is 0.485 e. The minimum Gasteiger partial charge on any atom is -0.485 e. The molecule has 2 heterocycles. The normalized spacial score (nSPS) is 14.9. The molecule has 0 unspecified atom stereocenters. The van der Waals surface area contributed by atoms with Crippen LogP contribution in [0.1, 0.15) is 32.9 Å². The number of nitrogens with zero attached hydrogens (tertiary/aromatic N) is 1. The first-order valence-corrected chi connectivity index (χ1v) is 10.2. The Balaban J connectivity index is 1.45. The molecule has 0 spiro atoms. The third kappa shape index (κ3) is 4.06. The van der Waals surface area contributed by atoms with Crippen LogP contribution in [0.15, 0.2) is 48.5 Å². The van der Waals surface area contributed by atoms with Crippen LogP contribution in [0, 0.1) is 27.7 Å². The van der Waals surface area contributed by atoms with Gasteiger partial charge in [0, 0.05) is 22.6 Å². The number of hydrogen-bond donors (Lipinski definition) is 0. The second-order valence-electron chi connectivity index (χ2n) is 7.78. The molecular weight excluding hydrogens is 394 g/mol. The fourth-order valence-corrected chi connectivity index (χ4v) is 3.75. The number of para-hydroxylation sites is 2. The standard InChI is InChI=1S/C25H25NO5/c1-15-9-10-19(11-16(15)2)26-17(3)12-20(18(26)4)21(27)13-30-25(28)24-14-29-22-7-5-6-8-23(22)31-24/h5-12,24H,13-14H2,1-4H3/t24-/m1/s1. The Hall–Kier alpha value is -3.54. The molecule has 0 bridgehead atoms. The molecule has 3 aromatic rings. The first kappa shape index (κ1) is 20.7. The number of carbonyl (C=O) groups is 2. The number of rotatable bonds is 5. The van der Waals surface area contributed by atoms with Crippen molar-refractivity contribution in [1.82, 2.24) is 4.57 Å². The Labute approximate surface area is 181 Å². The lowest BCUT2D eigenvalue weighted by Crippen LogP contribution is -2.38. The highest BCUT2D eigenvalue weighted by atomic mass is 16.6. The maximum Gasteiger partial charge on any atom is 0.351 e. The van der Waals surface area contributed by atoms with E-state index in [1.165, 1.54) is 11.1 Å². The number of hydrogen-bond acceptors (Lipinski definition) is 5. The van der Waals surface area contributed by atoms with Crippen molar-refractivity contribution in [2.75, 3.05) is 13.2 Å². The quantitative estimate of drug-likeness (QED) is 0.456. The molecule has 1 atom stereocenters. The number of ether oxygens (including phenoxy) is 3. The van der Waals surface area contributed by atoms with E-state index >= 15 is 0 Å². The molecular formula is C25H25NO5. The highest BCUT2D eigenvalue weighted by Gasteiger charge is 2.29. The zero-order chi connectivity index (χ0) is 22.1. The zero-order valence-corrected chi connectivity index (χ0v) is 18.1. The Morgan fingerprint density at radius 3 is 2.48 bits per heavy atom. The number of ketones is 1. The summed E-state index contributed by atoms with van der Waals surface area (Å²) in [6.07, 6.45) is -0.898. The molecule has 6 heteroatoms. The lowest BCUT2D eigenvalue weighted by Gasteiger charge is -2.24. The second-order valence-corrected chi connectivity index (χ2v) is 7.78. The van der Waals surface area contributed by atoms with E-state index in [9.17, 15) is 9.59 Å². The average molecular weight is 419 g/mol. The third-order valence-electron chi connectivity index (χ3n) is 5.60. The lowest BCUT2D eigenvalue weighted by atomic mass is 10.1. The van der Waals surface area contributed by atoms with E-state index in [4.69, 9.17) is 14.2 Å². The third-order valence-corrected chi connectivity index (χ3v) is 5.60. The van der Waals surface area contributed by atoms with Crippen LogP contribution in [0.3, 0.4) is 0 Å². The molecule has 4 rings (SSSR count). The summed E-state index contributed by atoms with van der Waals surface area (Å²) in [5, 5.41) is 0. The van der Waals surface area contributed by atoms with Gasteiger partial charge >= 0.3 is 5.97 Å². The van der Waals surface area contributed by atoms with Gasteiger partial charge in [-0.15, -0.1) is 0 Å². The van der Waals surface area contributed by atoms with Crippen molar-refractivity contribution >= 4 is 11.8 Å². The van der Waals surface area contributed by atoms with Gasteiger partial charge in [0.1, 0.15) is 6.61 Å². The van der Waals surface area contributed by atoms with Crippen molar-refractivity contribution in [3.05, 3.63) is 76.6 Å². The predicted molar refractivity (Wildman–Crippen MR) is 116 cm³/mol. The predicted octanol–water partition coefficient (Wildman–Crippen LogP) is 4.28. The highest BCUT2D eigenvalue weighted by molar-refractivity contribution is 5.99. The van der Waals surface area contributed by atoms with Gasteiger partial charge in [-0.25, -0.2) is 4.79 Å². The first-order valence-electron chi connectivity index (χ1n) is 10.2. The van der Waals surface area contributed by atoms with Crippen LogP contribution in [0.2, 0.25) is 0 Å². The highest BCUT2D eigenvalue weighted by Crippen LogP contribution is 2.31. The van der Waals surface area contributed by atoms with Gasteiger partial charge in [0.15, 0.2) is 18.1 Å². The van der Waals surface area contributed by atoms with Gasteiger partial charge in [0.25, 0.3) is 0 Å². The SMILES string of the molecule is Cc1ccc(-n2c(C)cc(C(=O)COC(=O)[C@H]3COc4ccccc4O3)c2C)cc1C. The van der Waals surface area contributed by atoms with Crippen molar-refractivity contribution in [2.45, 2.75) is 33.8 Å². The van der Waals surface area contributed by atoms with Gasteiger partial charge in [-0.1, -0.05) is 18.2 Å². The Morgan fingerprint density at radius 1 is 1.00 bits per heavy atom. The number of carbonyl (C=O) groups excluding carboxylic acids is 2. The Morgan fingerprint density at radius 2 is 1.74 bits per heavy atom. The molecule has 1 aliphatic heterocycles. The van der Waals surface area contributed by atoms with Crippen LogP contribution < -0.4 is 9.47 Å². The van der Waals surface area contributed by atoms with Crippen LogP contribution >= 0.6 is 0 Å². The number of esters is 1. The number of benzene rings is 2. The summed E-state index contributed by atoms with van der Waals surface area (Å²) in [5.41, 5.74) is 5.69. The summed E-state index contributed by atoms with van der Waals surface area (Å²) < 4.78 is 18.5. The van der Waals surface area contributed by atoms with Gasteiger partial charge < -0.3 is 18.8 Å². The van der Waals surface area contributed by atoms with E-state index in [2.05, 4.69) is 26.0 Å². The summed E-state index contributed by atoms with van der Waals surface area (Å²) in [7, 11) is 0. The Bertz CT molecular complexity index is 1160. The average Bonchev–Trinajstić information content (AvgIpc) is 3.07. The van der Waals surface area contributed by atoms with Crippen LogP contribution in [0.25, 0.3) is 5.69 Å². The van der Waals surface area contributed by atoms with E-state index in [0.717, 1.165) is 17.1 Å². The maximum absolute atomic E-state index is 12.8. The number of aromatic nitrogens is 1. The fourth-order valence-electron chi connectivity index (χ4n) is 3.75. The van der Waals surface area contributed by atoms with Crippen LogP contribution in [-0.4, -0.2) is 35.6 Å². The smallest absolute Gasteiger partial charge is 0.351 e. The van der Waals surface area contributed by atoms with Gasteiger partial charge in [0.05, 0.1) is 0 Å². The molecule has 31 heavy (non-hydrogen) atoms. The molecule has 0 N–H and O–H groups in total. The van der Waals surface area contributed by atoms with Crippen LogP contribution in [0.5, 0.6) is 11.5 Å². The molecule has 0 saturated heterocycles. The molecule has 0 fully saturated rings. The molecule has 0 aliphatic carbocycles. The zero-order valence-electron chi connectivity index (χ0n) is 18.1. The second kappa shape index (κ2) is 8.30. The summed E-state index contributed by atoms with van der Waals surface area (Å²) in [4.78, 5) is 25.2. The minimum atomic E-state index is -0.898. The maximum atomic E-state index is 12.8. The molecule has 2 aromatic carbocycles. The van der Waals surface area contributed by atoms with Crippen molar-refractivity contribution in [3.8, 4) is 17.2 Å². The van der Waals surface area contributed by atoms with E-state index in [-0.39, 0.29) is 19.0 Å². The van der Waals surface area contributed by atoms with E-state index in [1.54, 1.807) is 18.2 Å². The van der Waals surface area contributed by atoms with E-state index < -0.39 is 12.1 Å². The topological polar surface area (TPSA) is 66.8 Å². The number of Topliss-reactive ketones (excluding diaryl/α,β-unsaturated/α-hetero) is 1. The van der Waals surface area contributed by atoms with Gasteiger partial charge in [-0.3, -0.25) is 4.79 Å². The molecule has 1 aliphatic rings. The van der Waals surface area contributed by atoms with Crippen LogP contribution in [-0.2, 0) is 9.53 Å². The van der Waals surface area contributed by atoms with Gasteiger partial charge in [-0.05, 0) is 69.2 Å². The monoisotopic (exact) mass is 419 g/mol. The Kier molecular flexibility index (Phi) is 5.55. The first-order chi connectivity index (χ1) is 14.8. The summed E-state index contributed by atoms with van der Waals surface area (Å²) in [6.45, 7) is 7.68. The minimum absolute atomic E-state index is 0.0469. The molecule has 6 nitrogen and oxygen atoms in total. The molecule has 160 valence electrons.